The quantitative estimate of drug-likeness (QED) is 0.695. The fraction of sp³-hybridized carbons (Fsp3) is 0.750. The lowest BCUT2D eigenvalue weighted by Crippen LogP contribution is -2.54. The van der Waals surface area contributed by atoms with Crippen LogP contribution in [0.3, 0.4) is 0 Å². The molecule has 2 heteroatoms. The van der Waals surface area contributed by atoms with E-state index < -0.39 is 11.4 Å². The Morgan fingerprint density at radius 1 is 1.32 bits per heavy atom. The van der Waals surface area contributed by atoms with Crippen LogP contribution in [0.4, 0.5) is 0 Å². The van der Waals surface area contributed by atoms with Gasteiger partial charge >= 0.3 is 5.97 Å². The van der Waals surface area contributed by atoms with Gasteiger partial charge < -0.3 is 5.11 Å². The molecule has 1 N–H and O–H groups in total. The molecule has 0 radical (unpaired) electrons. The molecule has 5 atom stereocenters. The van der Waals surface area contributed by atoms with Crippen molar-refractivity contribution in [3.8, 4) is 0 Å². The number of fused-ring (bicyclic) bond motifs is 3. The summed E-state index contributed by atoms with van der Waals surface area (Å²) in [5.74, 6) is 0.413. The summed E-state index contributed by atoms with van der Waals surface area (Å²) in [6.07, 6.45) is 11.4. The van der Waals surface area contributed by atoms with Crippen LogP contribution in [0.5, 0.6) is 0 Å². The Kier molecular flexibility index (Phi) is 2.82. The molecule has 4 aliphatic carbocycles. The van der Waals surface area contributed by atoms with Gasteiger partial charge in [-0.05, 0) is 74.5 Å². The highest BCUT2D eigenvalue weighted by atomic mass is 16.4. The van der Waals surface area contributed by atoms with E-state index in [0.29, 0.717) is 17.3 Å². The number of carbonyl (C=O) groups is 1. The van der Waals surface area contributed by atoms with E-state index in [2.05, 4.69) is 19.6 Å². The Morgan fingerprint density at radius 3 is 2.82 bits per heavy atom. The summed E-state index contributed by atoms with van der Waals surface area (Å²) >= 11 is 0. The smallest absolute Gasteiger partial charge is 0.309 e. The second kappa shape index (κ2) is 4.27. The van der Waals surface area contributed by atoms with Crippen LogP contribution in [-0.4, -0.2) is 11.1 Å². The minimum atomic E-state index is -0.579. The molecule has 3 saturated carbocycles. The second-order valence-corrected chi connectivity index (χ2v) is 8.95. The molecule has 0 saturated heterocycles. The first kappa shape index (κ1) is 14.5. The van der Waals surface area contributed by atoms with E-state index >= 15 is 0 Å². The van der Waals surface area contributed by atoms with Crippen molar-refractivity contribution in [2.24, 2.45) is 28.1 Å². The van der Waals surface area contributed by atoms with E-state index in [4.69, 9.17) is 0 Å². The van der Waals surface area contributed by atoms with Crippen LogP contribution in [0.25, 0.3) is 0 Å². The Balaban J connectivity index is 1.80. The number of carboxylic acid groups (broad SMARTS) is 1. The van der Waals surface area contributed by atoms with E-state index in [1.54, 1.807) is 5.57 Å². The van der Waals surface area contributed by atoms with Gasteiger partial charge in [-0.3, -0.25) is 4.79 Å². The molecular weight excluding hydrogens is 272 g/mol. The highest BCUT2D eigenvalue weighted by Crippen LogP contribution is 2.70. The van der Waals surface area contributed by atoms with Gasteiger partial charge in [0.2, 0.25) is 0 Å². The summed E-state index contributed by atoms with van der Waals surface area (Å²) in [5, 5.41) is 9.89. The number of rotatable bonds is 1. The molecule has 3 fully saturated rings. The molecule has 2 bridgehead atoms. The van der Waals surface area contributed by atoms with Gasteiger partial charge in [0.25, 0.3) is 0 Å². The van der Waals surface area contributed by atoms with Crippen LogP contribution in [0.1, 0.15) is 65.2 Å². The Labute approximate surface area is 133 Å². The SMILES string of the molecule is C=C1C[C@]23CC[C@H]4[C@@](C)(C(=O)O)CCC[C@]4(C)C2=CC[C@H]1C3. The predicted octanol–water partition coefficient (Wildman–Crippen LogP) is 4.96. The van der Waals surface area contributed by atoms with E-state index in [1.165, 1.54) is 24.8 Å². The van der Waals surface area contributed by atoms with Crippen molar-refractivity contribution in [3.63, 3.8) is 0 Å². The van der Waals surface area contributed by atoms with E-state index in [9.17, 15) is 9.90 Å². The zero-order valence-electron chi connectivity index (χ0n) is 14.0. The van der Waals surface area contributed by atoms with E-state index in [-0.39, 0.29) is 5.41 Å². The molecule has 1 spiro atoms. The van der Waals surface area contributed by atoms with Crippen LogP contribution in [0.2, 0.25) is 0 Å². The molecule has 0 unspecified atom stereocenters. The largest absolute Gasteiger partial charge is 0.481 e. The van der Waals surface area contributed by atoms with Crippen LogP contribution in [0, 0.1) is 28.1 Å². The van der Waals surface area contributed by atoms with Crippen molar-refractivity contribution in [2.45, 2.75) is 65.2 Å². The Morgan fingerprint density at radius 2 is 2.09 bits per heavy atom. The number of aliphatic carboxylic acids is 1. The lowest BCUT2D eigenvalue weighted by Gasteiger charge is -2.60. The Hall–Kier alpha value is -1.05. The number of hydrogen-bond donors (Lipinski definition) is 1. The number of hydrogen-bond acceptors (Lipinski definition) is 1. The molecular formula is C20H28O2. The van der Waals surface area contributed by atoms with E-state index in [0.717, 1.165) is 32.1 Å². The zero-order valence-corrected chi connectivity index (χ0v) is 14.0. The van der Waals surface area contributed by atoms with Gasteiger partial charge in [-0.25, -0.2) is 0 Å². The molecule has 4 rings (SSSR count). The summed E-state index contributed by atoms with van der Waals surface area (Å²) in [6.45, 7) is 8.73. The van der Waals surface area contributed by atoms with Crippen molar-refractivity contribution in [3.05, 3.63) is 23.8 Å². The normalized spacial score (nSPS) is 50.1. The highest BCUT2D eigenvalue weighted by molar-refractivity contribution is 5.75. The minimum absolute atomic E-state index is 0.0965. The molecule has 0 aromatic carbocycles. The van der Waals surface area contributed by atoms with Crippen LogP contribution < -0.4 is 0 Å². The van der Waals surface area contributed by atoms with Crippen LogP contribution in [-0.2, 0) is 4.79 Å². The third-order valence-corrected chi connectivity index (χ3v) is 7.90. The van der Waals surface area contributed by atoms with Crippen molar-refractivity contribution in [1.29, 1.82) is 0 Å². The Bertz CT molecular complexity index is 589. The van der Waals surface area contributed by atoms with Crippen molar-refractivity contribution in [2.75, 3.05) is 0 Å². The maximum Gasteiger partial charge on any atom is 0.309 e. The molecule has 0 heterocycles. The lowest BCUT2D eigenvalue weighted by atomic mass is 9.44. The van der Waals surface area contributed by atoms with E-state index in [1.807, 2.05) is 6.92 Å². The monoisotopic (exact) mass is 300 g/mol. The van der Waals surface area contributed by atoms with Crippen LogP contribution >= 0.6 is 0 Å². The first-order chi connectivity index (χ1) is 10.3. The van der Waals surface area contributed by atoms with Crippen molar-refractivity contribution in [1.82, 2.24) is 0 Å². The summed E-state index contributed by atoms with van der Waals surface area (Å²) in [6, 6.07) is 0. The molecule has 2 nitrogen and oxygen atoms in total. The third-order valence-electron chi connectivity index (χ3n) is 7.90. The number of allylic oxidation sites excluding steroid dienone is 3. The van der Waals surface area contributed by atoms with Crippen LogP contribution in [0.15, 0.2) is 23.8 Å². The standard InChI is InChI=1S/C20H28O2/c1-13-11-20-10-7-15-18(2,16(20)6-5-14(13)12-20)8-4-9-19(15,3)17(21)22/h6,14-15H,1,4-5,7-12H2,2-3H3,(H,21,22)/t14-,15+,18-,19-,20-/m0/s1. The second-order valence-electron chi connectivity index (χ2n) is 8.95. The molecule has 120 valence electrons. The van der Waals surface area contributed by atoms with Gasteiger partial charge in [0.15, 0.2) is 0 Å². The molecule has 4 aliphatic rings. The van der Waals surface area contributed by atoms with Gasteiger partial charge in [-0.1, -0.05) is 37.1 Å². The predicted molar refractivity (Wildman–Crippen MR) is 87.4 cm³/mol. The molecule has 0 amide bonds. The number of carboxylic acids is 1. The summed E-state index contributed by atoms with van der Waals surface area (Å²) < 4.78 is 0. The van der Waals surface area contributed by atoms with Crippen molar-refractivity contribution >= 4 is 5.97 Å². The first-order valence-electron chi connectivity index (χ1n) is 8.94. The average Bonchev–Trinajstić information content (AvgIpc) is 2.68. The highest BCUT2D eigenvalue weighted by Gasteiger charge is 2.62. The fourth-order valence-electron chi connectivity index (χ4n) is 6.87. The molecule has 0 aliphatic heterocycles. The summed E-state index contributed by atoms with van der Waals surface area (Å²) in [7, 11) is 0. The minimum Gasteiger partial charge on any atom is -0.481 e. The topological polar surface area (TPSA) is 37.3 Å². The molecule has 0 aromatic heterocycles. The average molecular weight is 300 g/mol. The van der Waals surface area contributed by atoms with Gasteiger partial charge in [0.05, 0.1) is 5.41 Å². The zero-order chi connectivity index (χ0) is 15.8. The van der Waals surface area contributed by atoms with Gasteiger partial charge in [-0.15, -0.1) is 0 Å². The van der Waals surface area contributed by atoms with Crippen molar-refractivity contribution < 1.29 is 9.90 Å². The molecule has 22 heavy (non-hydrogen) atoms. The van der Waals surface area contributed by atoms with Gasteiger partial charge in [0, 0.05) is 0 Å². The first-order valence-corrected chi connectivity index (χ1v) is 8.94. The third kappa shape index (κ3) is 1.59. The maximum absolute atomic E-state index is 12.0. The van der Waals surface area contributed by atoms with Gasteiger partial charge in [-0.2, -0.15) is 0 Å². The summed E-state index contributed by atoms with van der Waals surface area (Å²) in [5.41, 5.74) is 2.96. The fourth-order valence-corrected chi connectivity index (χ4v) is 6.87. The lowest BCUT2D eigenvalue weighted by molar-refractivity contribution is -0.161. The molecule has 0 aromatic rings. The maximum atomic E-state index is 12.0. The van der Waals surface area contributed by atoms with Gasteiger partial charge in [0.1, 0.15) is 0 Å². The summed E-state index contributed by atoms with van der Waals surface area (Å²) in [4.78, 5) is 12.0.